The van der Waals surface area contributed by atoms with E-state index in [9.17, 15) is 9.59 Å². The van der Waals surface area contributed by atoms with E-state index < -0.39 is 0 Å². The summed E-state index contributed by atoms with van der Waals surface area (Å²) < 4.78 is 1.49. The molecule has 0 spiro atoms. The van der Waals surface area contributed by atoms with E-state index in [4.69, 9.17) is 16.6 Å². The molecule has 1 aromatic carbocycles. The van der Waals surface area contributed by atoms with Crippen molar-refractivity contribution in [3.63, 3.8) is 0 Å². The Morgan fingerprint density at radius 2 is 1.93 bits per heavy atom. The second-order valence-electron chi connectivity index (χ2n) is 6.87. The topological polar surface area (TPSA) is 67.2 Å². The first-order chi connectivity index (χ1) is 13.8. The number of amides is 1. The number of thiophene rings is 1. The summed E-state index contributed by atoms with van der Waals surface area (Å²) in [5.74, 6) is 0.286. The first kappa shape index (κ1) is 21.5. The molecule has 29 heavy (non-hydrogen) atoms. The minimum absolute atomic E-state index is 0.113. The number of aryl methyl sites for hydroxylation is 2. The number of hydrogen-bond donors (Lipinski definition) is 1. The van der Waals surface area contributed by atoms with Crippen LogP contribution in [0.2, 0.25) is 5.02 Å². The zero-order valence-electron chi connectivity index (χ0n) is 17.1. The van der Waals surface area contributed by atoms with Gasteiger partial charge in [0.1, 0.15) is 17.2 Å². The molecule has 0 aliphatic carbocycles. The fourth-order valence-corrected chi connectivity index (χ4v) is 4.42. The summed E-state index contributed by atoms with van der Waals surface area (Å²) in [7, 11) is 0. The first-order valence-electron chi connectivity index (χ1n) is 9.61. The highest BCUT2D eigenvalue weighted by molar-refractivity contribution is 7.18. The second kappa shape index (κ2) is 9.07. The standard InChI is InChI=1S/C21H25ClN4O2S/c1-5-25(6-2)11-17-24-20-19(13(3)14(4)29-20)21(28)26(17)12-18(27)23-16-10-8-7-9-15(16)22/h7-10H,5-6,11-12H2,1-4H3,(H,23,27). The summed E-state index contributed by atoms with van der Waals surface area (Å²) in [6, 6.07) is 7.03. The molecule has 6 nitrogen and oxygen atoms in total. The number of anilines is 1. The lowest BCUT2D eigenvalue weighted by Crippen LogP contribution is -2.34. The van der Waals surface area contributed by atoms with Crippen LogP contribution in [0.5, 0.6) is 0 Å². The number of benzene rings is 1. The maximum absolute atomic E-state index is 13.3. The quantitative estimate of drug-likeness (QED) is 0.607. The number of carbonyl (C=O) groups is 1. The zero-order valence-corrected chi connectivity index (χ0v) is 18.7. The van der Waals surface area contributed by atoms with Crippen LogP contribution in [0.15, 0.2) is 29.1 Å². The molecule has 0 unspecified atom stereocenters. The average Bonchev–Trinajstić information content (AvgIpc) is 2.98. The maximum Gasteiger partial charge on any atom is 0.263 e. The fourth-order valence-electron chi connectivity index (χ4n) is 3.20. The molecule has 8 heteroatoms. The van der Waals surface area contributed by atoms with E-state index >= 15 is 0 Å². The summed E-state index contributed by atoms with van der Waals surface area (Å²) in [5.41, 5.74) is 1.28. The van der Waals surface area contributed by atoms with E-state index in [-0.39, 0.29) is 18.0 Å². The lowest BCUT2D eigenvalue weighted by molar-refractivity contribution is -0.116. The molecule has 0 aliphatic rings. The SMILES string of the molecule is CCN(CC)Cc1nc2sc(C)c(C)c2c(=O)n1CC(=O)Nc1ccccc1Cl. The number of aromatic nitrogens is 2. The molecule has 154 valence electrons. The molecule has 1 amide bonds. The van der Waals surface area contributed by atoms with Gasteiger partial charge in [-0.05, 0) is 44.6 Å². The summed E-state index contributed by atoms with van der Waals surface area (Å²) in [6.07, 6.45) is 0. The van der Waals surface area contributed by atoms with Gasteiger partial charge >= 0.3 is 0 Å². The Morgan fingerprint density at radius 3 is 2.59 bits per heavy atom. The molecular weight excluding hydrogens is 408 g/mol. The Bertz CT molecular complexity index is 1100. The van der Waals surface area contributed by atoms with Gasteiger partial charge in [-0.3, -0.25) is 19.1 Å². The average molecular weight is 433 g/mol. The van der Waals surface area contributed by atoms with Gasteiger partial charge in [0.2, 0.25) is 5.91 Å². The van der Waals surface area contributed by atoms with Gasteiger partial charge in [0.15, 0.2) is 0 Å². The molecule has 3 rings (SSSR count). The second-order valence-corrected chi connectivity index (χ2v) is 8.48. The van der Waals surface area contributed by atoms with Crippen LogP contribution in [0, 0.1) is 13.8 Å². The molecule has 1 N–H and O–H groups in total. The minimum atomic E-state index is -0.313. The van der Waals surface area contributed by atoms with Crippen molar-refractivity contribution in [2.45, 2.75) is 40.8 Å². The van der Waals surface area contributed by atoms with Crippen molar-refractivity contribution >= 4 is 44.7 Å². The molecule has 0 atom stereocenters. The van der Waals surface area contributed by atoms with Gasteiger partial charge in [0, 0.05) is 4.88 Å². The molecular formula is C21H25ClN4O2S. The van der Waals surface area contributed by atoms with Crippen molar-refractivity contribution in [1.29, 1.82) is 0 Å². The molecule has 3 aromatic rings. The van der Waals surface area contributed by atoms with Gasteiger partial charge in [-0.1, -0.05) is 37.6 Å². The third-order valence-corrected chi connectivity index (χ3v) is 6.51. The number of halogens is 1. The van der Waals surface area contributed by atoms with E-state index in [2.05, 4.69) is 24.1 Å². The van der Waals surface area contributed by atoms with E-state index in [1.807, 2.05) is 13.8 Å². The summed E-state index contributed by atoms with van der Waals surface area (Å²) >= 11 is 7.66. The van der Waals surface area contributed by atoms with Crippen LogP contribution in [0.1, 0.15) is 30.1 Å². The van der Waals surface area contributed by atoms with Crippen LogP contribution in [-0.4, -0.2) is 33.4 Å². The largest absolute Gasteiger partial charge is 0.323 e. The Kier molecular flexibility index (Phi) is 6.72. The van der Waals surface area contributed by atoms with Crippen molar-refractivity contribution in [1.82, 2.24) is 14.5 Å². The van der Waals surface area contributed by atoms with Crippen LogP contribution in [-0.2, 0) is 17.9 Å². The zero-order chi connectivity index (χ0) is 21.1. The predicted molar refractivity (Wildman–Crippen MR) is 120 cm³/mol. The molecule has 0 saturated heterocycles. The van der Waals surface area contributed by atoms with E-state index in [1.165, 1.54) is 15.9 Å². The van der Waals surface area contributed by atoms with Gasteiger partial charge in [-0.15, -0.1) is 11.3 Å². The normalized spacial score (nSPS) is 11.4. The summed E-state index contributed by atoms with van der Waals surface area (Å²) in [4.78, 5) is 34.8. The number of nitrogens with zero attached hydrogens (tertiary/aromatic N) is 3. The molecule has 0 radical (unpaired) electrons. The molecule has 2 aromatic heterocycles. The van der Waals surface area contributed by atoms with Gasteiger partial charge in [-0.2, -0.15) is 0 Å². The van der Waals surface area contributed by atoms with Crippen LogP contribution < -0.4 is 10.9 Å². The van der Waals surface area contributed by atoms with Crippen molar-refractivity contribution in [2.24, 2.45) is 0 Å². The third kappa shape index (κ3) is 4.52. The monoisotopic (exact) mass is 432 g/mol. The van der Waals surface area contributed by atoms with Crippen LogP contribution >= 0.6 is 22.9 Å². The van der Waals surface area contributed by atoms with Gasteiger partial charge in [-0.25, -0.2) is 4.98 Å². The van der Waals surface area contributed by atoms with E-state index in [0.717, 1.165) is 28.4 Å². The smallest absolute Gasteiger partial charge is 0.263 e. The molecule has 2 heterocycles. The van der Waals surface area contributed by atoms with Crippen LogP contribution in [0.3, 0.4) is 0 Å². The number of hydrogen-bond acceptors (Lipinski definition) is 5. The van der Waals surface area contributed by atoms with E-state index in [0.29, 0.717) is 28.5 Å². The maximum atomic E-state index is 13.3. The highest BCUT2D eigenvalue weighted by Gasteiger charge is 2.19. The molecule has 0 fully saturated rings. The van der Waals surface area contributed by atoms with Crippen molar-refractivity contribution in [3.8, 4) is 0 Å². The molecule has 0 aliphatic heterocycles. The minimum Gasteiger partial charge on any atom is -0.323 e. The number of para-hydroxylation sites is 1. The Labute approximate surface area is 179 Å². The number of fused-ring (bicyclic) bond motifs is 1. The highest BCUT2D eigenvalue weighted by atomic mass is 35.5. The molecule has 0 bridgehead atoms. The molecule has 0 saturated carbocycles. The highest BCUT2D eigenvalue weighted by Crippen LogP contribution is 2.26. The number of rotatable bonds is 7. The van der Waals surface area contributed by atoms with Crippen LogP contribution in [0.4, 0.5) is 5.69 Å². The summed E-state index contributed by atoms with van der Waals surface area (Å²) in [5, 5.41) is 3.84. The Hall–Kier alpha value is -2.22. The Balaban J connectivity index is 2.02. The van der Waals surface area contributed by atoms with Gasteiger partial charge < -0.3 is 5.32 Å². The van der Waals surface area contributed by atoms with E-state index in [1.54, 1.807) is 24.3 Å². The summed E-state index contributed by atoms with van der Waals surface area (Å²) in [6.45, 7) is 10.1. The van der Waals surface area contributed by atoms with Gasteiger partial charge in [0.25, 0.3) is 5.56 Å². The number of nitrogens with one attached hydrogen (secondary N) is 1. The Morgan fingerprint density at radius 1 is 1.24 bits per heavy atom. The van der Waals surface area contributed by atoms with Crippen LogP contribution in [0.25, 0.3) is 10.2 Å². The first-order valence-corrected chi connectivity index (χ1v) is 10.8. The van der Waals surface area contributed by atoms with Gasteiger partial charge in [0.05, 0.1) is 22.6 Å². The number of carbonyl (C=O) groups excluding carboxylic acids is 1. The predicted octanol–water partition coefficient (Wildman–Crippen LogP) is 4.21. The lowest BCUT2D eigenvalue weighted by atomic mass is 10.2. The van der Waals surface area contributed by atoms with Crippen molar-refractivity contribution in [3.05, 3.63) is 55.9 Å². The third-order valence-electron chi connectivity index (χ3n) is 5.08. The fraction of sp³-hybridized carbons (Fsp3) is 0.381. The van der Waals surface area contributed by atoms with Crippen molar-refractivity contribution in [2.75, 3.05) is 18.4 Å². The van der Waals surface area contributed by atoms with Crippen molar-refractivity contribution < 1.29 is 4.79 Å². The lowest BCUT2D eigenvalue weighted by Gasteiger charge is -2.20.